The normalized spacial score (nSPS) is 33.2. The summed E-state index contributed by atoms with van der Waals surface area (Å²) >= 11 is 0. The second-order valence-electron chi connectivity index (χ2n) is 6.56. The summed E-state index contributed by atoms with van der Waals surface area (Å²) in [7, 11) is 1.67. The van der Waals surface area contributed by atoms with Gasteiger partial charge in [-0.3, -0.25) is 0 Å². The molecule has 2 aliphatic rings. The molecule has 128 valence electrons. The molecule has 2 saturated heterocycles. The van der Waals surface area contributed by atoms with Gasteiger partial charge in [0.15, 0.2) is 12.6 Å². The van der Waals surface area contributed by atoms with Gasteiger partial charge in [0.2, 0.25) is 0 Å². The van der Waals surface area contributed by atoms with E-state index < -0.39 is 0 Å². The Morgan fingerprint density at radius 1 is 1.13 bits per heavy atom. The third-order valence-corrected chi connectivity index (χ3v) is 4.27. The fourth-order valence-corrected chi connectivity index (χ4v) is 3.25. The van der Waals surface area contributed by atoms with E-state index in [1.165, 1.54) is 0 Å². The molecule has 0 radical (unpaired) electrons. The first-order chi connectivity index (χ1) is 11.1. The third-order valence-electron chi connectivity index (χ3n) is 4.27. The van der Waals surface area contributed by atoms with E-state index in [1.54, 1.807) is 7.11 Å². The molecule has 1 unspecified atom stereocenters. The van der Waals surface area contributed by atoms with Gasteiger partial charge in [-0.15, -0.1) is 0 Å². The van der Waals surface area contributed by atoms with Gasteiger partial charge in [-0.2, -0.15) is 0 Å². The van der Waals surface area contributed by atoms with E-state index in [0.717, 1.165) is 17.7 Å². The van der Waals surface area contributed by atoms with Crippen LogP contribution in [0.2, 0.25) is 0 Å². The minimum Gasteiger partial charge on any atom is -0.496 e. The van der Waals surface area contributed by atoms with E-state index in [2.05, 4.69) is 13.8 Å². The lowest BCUT2D eigenvalue weighted by Crippen LogP contribution is -2.35. The number of benzene rings is 1. The van der Waals surface area contributed by atoms with Crippen LogP contribution in [0.5, 0.6) is 5.75 Å². The molecule has 0 spiro atoms. The first kappa shape index (κ1) is 16.7. The number of rotatable bonds is 6. The van der Waals surface area contributed by atoms with Gasteiger partial charge in [0.05, 0.1) is 19.8 Å². The van der Waals surface area contributed by atoms with Gasteiger partial charge in [-0.1, -0.05) is 32.0 Å². The van der Waals surface area contributed by atoms with E-state index in [9.17, 15) is 0 Å². The maximum Gasteiger partial charge on any atom is 0.189 e. The van der Waals surface area contributed by atoms with Crippen molar-refractivity contribution in [1.29, 1.82) is 0 Å². The van der Waals surface area contributed by atoms with E-state index in [-0.39, 0.29) is 30.9 Å². The molecule has 1 aromatic carbocycles. The highest BCUT2D eigenvalue weighted by atomic mass is 16.8. The number of hydrogen-bond donors (Lipinski definition) is 0. The van der Waals surface area contributed by atoms with Crippen molar-refractivity contribution in [2.45, 2.75) is 64.7 Å². The van der Waals surface area contributed by atoms with Crippen LogP contribution in [0.1, 0.15) is 32.8 Å². The molecular formula is C18H26O5. The van der Waals surface area contributed by atoms with Crippen molar-refractivity contribution in [3.63, 3.8) is 0 Å². The Morgan fingerprint density at radius 3 is 2.65 bits per heavy atom. The minimum absolute atomic E-state index is 0.00722. The van der Waals surface area contributed by atoms with Gasteiger partial charge in [0.25, 0.3) is 0 Å². The SMILES string of the molecule is COc1ccccc1CO[C@@H]1[C@H]2OC(C)O[C@H]2O[C@@H]1CC(C)C. The second kappa shape index (κ2) is 7.18. The highest BCUT2D eigenvalue weighted by Gasteiger charge is 2.51. The average molecular weight is 322 g/mol. The molecule has 5 nitrogen and oxygen atoms in total. The Hall–Kier alpha value is -1.14. The molecular weight excluding hydrogens is 296 g/mol. The predicted octanol–water partition coefficient (Wildman–Crippen LogP) is 3.11. The van der Waals surface area contributed by atoms with Crippen LogP contribution in [0.3, 0.4) is 0 Å². The molecule has 23 heavy (non-hydrogen) atoms. The zero-order valence-electron chi connectivity index (χ0n) is 14.2. The van der Waals surface area contributed by atoms with Crippen molar-refractivity contribution in [3.8, 4) is 5.75 Å². The summed E-state index contributed by atoms with van der Waals surface area (Å²) < 4.78 is 29.1. The standard InChI is InChI=1S/C18H26O5/c1-11(2)9-15-16(17-18(23-15)22-12(3)21-17)20-10-13-7-5-6-8-14(13)19-4/h5-8,11-12,15-18H,9-10H2,1-4H3/t12?,15-,16+,17-,18+/m1/s1. The van der Waals surface area contributed by atoms with Gasteiger partial charge in [0, 0.05) is 5.56 Å². The molecule has 5 heteroatoms. The summed E-state index contributed by atoms with van der Waals surface area (Å²) in [6.45, 7) is 6.71. The lowest BCUT2D eigenvalue weighted by molar-refractivity contribution is -0.170. The first-order valence-corrected chi connectivity index (χ1v) is 8.28. The third kappa shape index (κ3) is 3.69. The quantitative estimate of drug-likeness (QED) is 0.805. The number of methoxy groups -OCH3 is 1. The van der Waals surface area contributed by atoms with E-state index >= 15 is 0 Å². The molecule has 2 heterocycles. The van der Waals surface area contributed by atoms with Gasteiger partial charge >= 0.3 is 0 Å². The Kier molecular flexibility index (Phi) is 5.21. The summed E-state index contributed by atoms with van der Waals surface area (Å²) in [5.74, 6) is 1.36. The maximum absolute atomic E-state index is 6.20. The highest BCUT2D eigenvalue weighted by Crippen LogP contribution is 2.37. The summed E-state index contributed by atoms with van der Waals surface area (Å²) in [6, 6.07) is 7.89. The number of ether oxygens (including phenoxy) is 5. The predicted molar refractivity (Wildman–Crippen MR) is 85.1 cm³/mol. The number of fused-ring (bicyclic) bond motifs is 1. The van der Waals surface area contributed by atoms with Crippen molar-refractivity contribution in [1.82, 2.24) is 0 Å². The van der Waals surface area contributed by atoms with Crippen molar-refractivity contribution >= 4 is 0 Å². The van der Waals surface area contributed by atoms with Crippen LogP contribution in [0.15, 0.2) is 24.3 Å². The van der Waals surface area contributed by atoms with Crippen LogP contribution in [0.4, 0.5) is 0 Å². The van der Waals surface area contributed by atoms with E-state index in [4.69, 9.17) is 23.7 Å². The largest absolute Gasteiger partial charge is 0.496 e. The van der Waals surface area contributed by atoms with E-state index in [1.807, 2.05) is 31.2 Å². The van der Waals surface area contributed by atoms with Crippen LogP contribution in [-0.2, 0) is 25.6 Å². The molecule has 0 saturated carbocycles. The highest BCUT2D eigenvalue weighted by molar-refractivity contribution is 5.32. The zero-order chi connectivity index (χ0) is 16.4. The molecule has 0 amide bonds. The van der Waals surface area contributed by atoms with Gasteiger partial charge in [-0.25, -0.2) is 0 Å². The average Bonchev–Trinajstić information content (AvgIpc) is 3.01. The van der Waals surface area contributed by atoms with Crippen LogP contribution in [-0.4, -0.2) is 38.0 Å². The van der Waals surface area contributed by atoms with Gasteiger partial charge in [0.1, 0.15) is 18.0 Å². The van der Waals surface area contributed by atoms with Gasteiger partial charge in [-0.05, 0) is 25.3 Å². The Labute approximate surface area is 137 Å². The summed E-state index contributed by atoms with van der Waals surface area (Å²) in [6.07, 6.45) is 0.0525. The minimum atomic E-state index is -0.323. The number of hydrogen-bond acceptors (Lipinski definition) is 5. The fraction of sp³-hybridized carbons (Fsp3) is 0.667. The van der Waals surface area contributed by atoms with Crippen molar-refractivity contribution in [2.75, 3.05) is 7.11 Å². The number of para-hydroxylation sites is 1. The van der Waals surface area contributed by atoms with E-state index in [0.29, 0.717) is 12.5 Å². The molecule has 2 aliphatic heterocycles. The monoisotopic (exact) mass is 322 g/mol. The summed E-state index contributed by atoms with van der Waals surface area (Å²) in [4.78, 5) is 0. The van der Waals surface area contributed by atoms with Crippen molar-refractivity contribution in [3.05, 3.63) is 29.8 Å². The maximum atomic E-state index is 6.20. The second-order valence-corrected chi connectivity index (χ2v) is 6.56. The lowest BCUT2D eigenvalue weighted by atomic mass is 10.0. The summed E-state index contributed by atoms with van der Waals surface area (Å²) in [5.41, 5.74) is 1.02. The topological polar surface area (TPSA) is 46.2 Å². The Morgan fingerprint density at radius 2 is 1.91 bits per heavy atom. The molecule has 5 atom stereocenters. The summed E-state index contributed by atoms with van der Waals surface area (Å²) in [5, 5.41) is 0. The smallest absolute Gasteiger partial charge is 0.189 e. The Bertz CT molecular complexity index is 518. The lowest BCUT2D eigenvalue weighted by Gasteiger charge is -2.24. The molecule has 3 rings (SSSR count). The van der Waals surface area contributed by atoms with Crippen LogP contribution < -0.4 is 4.74 Å². The molecule has 2 fully saturated rings. The van der Waals surface area contributed by atoms with Crippen LogP contribution in [0.25, 0.3) is 0 Å². The molecule has 0 N–H and O–H groups in total. The first-order valence-electron chi connectivity index (χ1n) is 8.28. The molecule has 1 aromatic rings. The van der Waals surface area contributed by atoms with Gasteiger partial charge < -0.3 is 23.7 Å². The zero-order valence-corrected chi connectivity index (χ0v) is 14.2. The molecule has 0 bridgehead atoms. The van der Waals surface area contributed by atoms with Crippen molar-refractivity contribution in [2.24, 2.45) is 5.92 Å². The van der Waals surface area contributed by atoms with Crippen LogP contribution in [0, 0.1) is 5.92 Å². The Balaban J connectivity index is 1.69. The van der Waals surface area contributed by atoms with Crippen LogP contribution >= 0.6 is 0 Å². The fourth-order valence-electron chi connectivity index (χ4n) is 3.25. The molecule has 0 aliphatic carbocycles. The van der Waals surface area contributed by atoms with Crippen molar-refractivity contribution < 1.29 is 23.7 Å². The molecule has 0 aromatic heterocycles.